The number of rotatable bonds is 7. The second-order valence-corrected chi connectivity index (χ2v) is 7.08. The molecule has 2 aliphatic rings. The minimum atomic E-state index is -3.45. The number of hydrogen-bond donors (Lipinski definition) is 1. The molecule has 160 valence electrons. The molecule has 1 N–H and O–H groups in total. The van der Waals surface area contributed by atoms with Gasteiger partial charge in [0.15, 0.2) is 12.4 Å². The predicted molar refractivity (Wildman–Crippen MR) is 102 cm³/mol. The highest BCUT2D eigenvalue weighted by atomic mass is 19.3. The van der Waals surface area contributed by atoms with Crippen molar-refractivity contribution in [1.29, 1.82) is 0 Å². The number of carbonyl (C=O) groups excluding carboxylic acids is 2. The summed E-state index contributed by atoms with van der Waals surface area (Å²) in [5.74, 6) is -5.38. The number of Topliss-reactive ketones (excluding diaryl/α,β-unsaturated/α-hetero) is 1. The average molecular weight is 422 g/mol. The van der Waals surface area contributed by atoms with Gasteiger partial charge in [0.1, 0.15) is 17.1 Å². The van der Waals surface area contributed by atoms with Crippen LogP contribution in [0.4, 0.5) is 8.78 Å². The molecular formula is C20H21BF2O7. The Hall–Kier alpha value is -2.88. The van der Waals surface area contributed by atoms with Crippen LogP contribution in [0, 0.1) is 0 Å². The van der Waals surface area contributed by atoms with Crippen molar-refractivity contribution in [3.8, 4) is 5.75 Å². The first-order chi connectivity index (χ1) is 14.1. The molecular weight excluding hydrogens is 401 g/mol. The SMILES string of the molecule is C=C1OC(C)=C(COC(=O)c2cccc3c2OB(O)[C@@H](CC(=O)C(F)(F)CC)C3)O1. The molecule has 1 aromatic rings. The third kappa shape index (κ3) is 4.48. The number of carbonyl (C=O) groups is 2. The van der Waals surface area contributed by atoms with E-state index in [9.17, 15) is 23.4 Å². The summed E-state index contributed by atoms with van der Waals surface area (Å²) in [5, 5.41) is 10.3. The number of allylic oxidation sites excluding steroid dienone is 1. The summed E-state index contributed by atoms with van der Waals surface area (Å²) >= 11 is 0. The van der Waals surface area contributed by atoms with E-state index in [1.807, 2.05) is 0 Å². The molecule has 1 aromatic carbocycles. The molecule has 0 fully saturated rings. The van der Waals surface area contributed by atoms with Gasteiger partial charge in [-0.2, -0.15) is 8.78 Å². The lowest BCUT2D eigenvalue weighted by molar-refractivity contribution is -0.143. The maximum absolute atomic E-state index is 13.6. The lowest BCUT2D eigenvalue weighted by atomic mass is 9.64. The van der Waals surface area contributed by atoms with Crippen LogP contribution in [0.2, 0.25) is 5.82 Å². The summed E-state index contributed by atoms with van der Waals surface area (Å²) in [5.41, 5.74) is 0.572. The molecule has 0 aromatic heterocycles. The van der Waals surface area contributed by atoms with Gasteiger partial charge >= 0.3 is 19.0 Å². The highest BCUT2D eigenvalue weighted by Crippen LogP contribution is 2.38. The first-order valence-corrected chi connectivity index (χ1v) is 9.41. The molecule has 0 unspecified atom stereocenters. The van der Waals surface area contributed by atoms with Crippen LogP contribution in [0.25, 0.3) is 0 Å². The van der Waals surface area contributed by atoms with E-state index in [-0.39, 0.29) is 30.3 Å². The number of esters is 1. The first-order valence-electron chi connectivity index (χ1n) is 9.41. The molecule has 2 aliphatic heterocycles. The highest BCUT2D eigenvalue weighted by Gasteiger charge is 2.43. The molecule has 0 bridgehead atoms. The number of ether oxygens (including phenoxy) is 3. The molecule has 1 atom stereocenters. The first kappa shape index (κ1) is 21.8. The molecule has 30 heavy (non-hydrogen) atoms. The summed E-state index contributed by atoms with van der Waals surface area (Å²) in [6.45, 7) is 6.16. The molecule has 0 amide bonds. The fraction of sp³-hybridized carbons (Fsp3) is 0.400. The van der Waals surface area contributed by atoms with E-state index in [0.29, 0.717) is 17.1 Å². The van der Waals surface area contributed by atoms with Crippen molar-refractivity contribution >= 4 is 18.9 Å². The van der Waals surface area contributed by atoms with Crippen molar-refractivity contribution in [1.82, 2.24) is 0 Å². The summed E-state index contributed by atoms with van der Waals surface area (Å²) in [6.07, 6.45) is -1.05. The number of benzene rings is 1. The van der Waals surface area contributed by atoms with Gasteiger partial charge in [-0.3, -0.25) is 4.79 Å². The lowest BCUT2D eigenvalue weighted by Crippen LogP contribution is -2.38. The minimum absolute atomic E-state index is 0.0613. The predicted octanol–water partition coefficient (Wildman–Crippen LogP) is 3.38. The summed E-state index contributed by atoms with van der Waals surface area (Å²) in [7, 11) is -1.51. The van der Waals surface area contributed by atoms with Gasteiger partial charge in [-0.25, -0.2) is 4.79 Å². The van der Waals surface area contributed by atoms with E-state index in [1.165, 1.54) is 13.0 Å². The lowest BCUT2D eigenvalue weighted by Gasteiger charge is -2.29. The minimum Gasteiger partial charge on any atom is -0.535 e. The van der Waals surface area contributed by atoms with E-state index in [0.717, 1.165) is 0 Å². The Labute approximate surface area is 172 Å². The van der Waals surface area contributed by atoms with E-state index >= 15 is 0 Å². The maximum atomic E-state index is 13.6. The van der Waals surface area contributed by atoms with Crippen LogP contribution >= 0.6 is 0 Å². The van der Waals surface area contributed by atoms with Crippen molar-refractivity contribution < 1.29 is 42.3 Å². The zero-order valence-corrected chi connectivity index (χ0v) is 16.6. The number of fused-ring (bicyclic) bond motifs is 1. The van der Waals surface area contributed by atoms with Crippen molar-refractivity contribution in [2.75, 3.05) is 6.61 Å². The Bertz CT molecular complexity index is 912. The molecule has 3 rings (SSSR count). The summed E-state index contributed by atoms with van der Waals surface area (Å²) < 4.78 is 48.2. The van der Waals surface area contributed by atoms with Crippen LogP contribution in [0.5, 0.6) is 5.75 Å². The standard InChI is InChI=1S/C20H21BF2O7/c1-4-20(22,23)17(24)9-14-8-13-6-5-7-15(18(13)30-21(14)26)19(25)27-10-16-11(2)28-12(3)29-16/h5-7,14,26H,3-4,8-10H2,1-2H3/t14-/m1/s1. The highest BCUT2D eigenvalue weighted by molar-refractivity contribution is 6.47. The summed E-state index contributed by atoms with van der Waals surface area (Å²) in [4.78, 5) is 24.4. The van der Waals surface area contributed by atoms with E-state index in [1.54, 1.807) is 19.1 Å². The van der Waals surface area contributed by atoms with Gasteiger partial charge in [0.2, 0.25) is 5.78 Å². The number of ketones is 1. The van der Waals surface area contributed by atoms with Crippen molar-refractivity contribution in [2.45, 2.75) is 44.8 Å². The van der Waals surface area contributed by atoms with Gasteiger partial charge in [-0.1, -0.05) is 19.1 Å². The molecule has 2 heterocycles. The van der Waals surface area contributed by atoms with E-state index < -0.39 is 43.5 Å². The van der Waals surface area contributed by atoms with Gasteiger partial charge in [0, 0.05) is 18.7 Å². The molecule has 0 saturated heterocycles. The van der Waals surface area contributed by atoms with Gasteiger partial charge in [0.05, 0.1) is 0 Å². The van der Waals surface area contributed by atoms with E-state index in [4.69, 9.17) is 18.9 Å². The molecule has 7 nitrogen and oxygen atoms in total. The second kappa shape index (κ2) is 8.47. The van der Waals surface area contributed by atoms with Gasteiger partial charge < -0.3 is 23.9 Å². The van der Waals surface area contributed by atoms with Gasteiger partial charge in [0.25, 0.3) is 5.95 Å². The zero-order chi connectivity index (χ0) is 22.1. The molecule has 0 aliphatic carbocycles. The topological polar surface area (TPSA) is 91.3 Å². The van der Waals surface area contributed by atoms with Gasteiger partial charge in [-0.15, -0.1) is 0 Å². The normalized spacial score (nSPS) is 18.4. The summed E-state index contributed by atoms with van der Waals surface area (Å²) in [6, 6.07) is 4.67. The Morgan fingerprint density at radius 3 is 2.73 bits per heavy atom. The van der Waals surface area contributed by atoms with Crippen molar-refractivity contribution in [3.05, 3.63) is 53.4 Å². The smallest absolute Gasteiger partial charge is 0.526 e. The number of para-hydroxylation sites is 1. The Kier molecular flexibility index (Phi) is 6.16. The van der Waals surface area contributed by atoms with Crippen LogP contribution in [-0.4, -0.2) is 36.4 Å². The van der Waals surface area contributed by atoms with Crippen LogP contribution in [0.3, 0.4) is 0 Å². The number of alkyl halides is 2. The van der Waals surface area contributed by atoms with Crippen LogP contribution in [0.15, 0.2) is 42.2 Å². The monoisotopic (exact) mass is 422 g/mol. The number of hydrogen-bond acceptors (Lipinski definition) is 7. The molecule has 10 heteroatoms. The zero-order valence-electron chi connectivity index (χ0n) is 16.6. The Morgan fingerprint density at radius 2 is 2.10 bits per heavy atom. The maximum Gasteiger partial charge on any atom is 0.526 e. The van der Waals surface area contributed by atoms with Crippen LogP contribution in [-0.2, 0) is 25.4 Å². The van der Waals surface area contributed by atoms with Crippen LogP contribution < -0.4 is 4.65 Å². The molecule has 0 saturated carbocycles. The Morgan fingerprint density at radius 1 is 1.37 bits per heavy atom. The third-order valence-electron chi connectivity index (χ3n) is 4.97. The quantitative estimate of drug-likeness (QED) is 0.532. The third-order valence-corrected chi connectivity index (χ3v) is 4.97. The molecule has 0 spiro atoms. The second-order valence-electron chi connectivity index (χ2n) is 7.08. The average Bonchev–Trinajstić information content (AvgIpc) is 3.03. The Balaban J connectivity index is 1.71. The number of halogens is 2. The van der Waals surface area contributed by atoms with E-state index in [2.05, 4.69) is 6.58 Å². The largest absolute Gasteiger partial charge is 0.535 e. The van der Waals surface area contributed by atoms with Crippen LogP contribution in [0.1, 0.15) is 42.6 Å². The van der Waals surface area contributed by atoms with Crippen molar-refractivity contribution in [3.63, 3.8) is 0 Å². The fourth-order valence-corrected chi connectivity index (χ4v) is 3.20. The van der Waals surface area contributed by atoms with Crippen molar-refractivity contribution in [2.24, 2.45) is 0 Å². The molecule has 0 radical (unpaired) electrons. The fourth-order valence-electron chi connectivity index (χ4n) is 3.20. The van der Waals surface area contributed by atoms with Gasteiger partial charge in [-0.05, 0) is 31.6 Å².